The molecule has 0 fully saturated rings. The quantitative estimate of drug-likeness (QED) is 0.0947. The van der Waals surface area contributed by atoms with Crippen LogP contribution in [0.1, 0.15) is 47.5 Å². The van der Waals surface area contributed by atoms with Gasteiger partial charge in [0.25, 0.3) is 0 Å². The van der Waals surface area contributed by atoms with Crippen LogP contribution in [0.4, 0.5) is 0 Å². The van der Waals surface area contributed by atoms with Crippen molar-refractivity contribution in [2.24, 2.45) is 19.5 Å². The number of allylic oxidation sites excluding steroid dienone is 4. The van der Waals surface area contributed by atoms with Crippen molar-refractivity contribution in [2.45, 2.75) is 53.1 Å². The zero-order chi connectivity index (χ0) is 30.7. The van der Waals surface area contributed by atoms with Crippen LogP contribution in [0.25, 0.3) is 0 Å². The number of hydrogen-bond acceptors (Lipinski definition) is 8. The second kappa shape index (κ2) is 15.4. The Morgan fingerprint density at radius 2 is 2.14 bits per heavy atom. The lowest BCUT2D eigenvalue weighted by Crippen LogP contribution is -2.42. The smallest absolute Gasteiger partial charge is 0.137 e. The third-order valence-electron chi connectivity index (χ3n) is 7.30. The van der Waals surface area contributed by atoms with Crippen LogP contribution in [0.5, 0.6) is 0 Å². The van der Waals surface area contributed by atoms with Crippen molar-refractivity contribution < 1.29 is 5.11 Å². The molecule has 1 unspecified atom stereocenters. The molecule has 3 aliphatic rings. The molecule has 0 aromatic carbocycles. The lowest BCUT2D eigenvalue weighted by Gasteiger charge is -2.36. The van der Waals surface area contributed by atoms with E-state index in [0.717, 1.165) is 60.9 Å². The molecule has 0 aliphatic carbocycles. The molecule has 3 rings (SSSR count). The van der Waals surface area contributed by atoms with Crippen LogP contribution in [0.3, 0.4) is 0 Å². The van der Waals surface area contributed by atoms with Crippen molar-refractivity contribution in [1.29, 1.82) is 0 Å². The molecule has 1 atom stereocenters. The van der Waals surface area contributed by atoms with Gasteiger partial charge in [0.15, 0.2) is 0 Å². The van der Waals surface area contributed by atoms with Crippen molar-refractivity contribution in [1.82, 2.24) is 19.1 Å². The van der Waals surface area contributed by atoms with E-state index in [1.807, 2.05) is 63.7 Å². The monoisotopic (exact) mass is 588 g/mol. The average molecular weight is 589 g/mol. The minimum absolute atomic E-state index is 0.615. The summed E-state index contributed by atoms with van der Waals surface area (Å²) in [7, 11) is 3.85. The van der Waals surface area contributed by atoms with Gasteiger partial charge in [-0.15, -0.1) is 6.42 Å². The second-order valence-corrected chi connectivity index (χ2v) is 11.2. The number of rotatable bonds is 10. The van der Waals surface area contributed by atoms with Crippen molar-refractivity contribution in [3.8, 4) is 12.3 Å². The Bertz CT molecular complexity index is 1340. The molecule has 224 valence electrons. The lowest BCUT2D eigenvalue weighted by atomic mass is 9.86. The number of amidine groups is 2. The van der Waals surface area contributed by atoms with E-state index in [-0.39, 0.29) is 0 Å². The van der Waals surface area contributed by atoms with E-state index in [1.165, 1.54) is 17.7 Å². The van der Waals surface area contributed by atoms with Gasteiger partial charge in [0.1, 0.15) is 23.6 Å². The van der Waals surface area contributed by atoms with Gasteiger partial charge in [-0.2, -0.15) is 5.10 Å². The van der Waals surface area contributed by atoms with Crippen molar-refractivity contribution in [3.63, 3.8) is 0 Å². The maximum atomic E-state index is 11.3. The lowest BCUT2D eigenvalue weighted by molar-refractivity contribution is 0.134. The van der Waals surface area contributed by atoms with E-state index >= 15 is 0 Å². The minimum Gasteiger partial charge on any atom is -0.381 e. The summed E-state index contributed by atoms with van der Waals surface area (Å²) in [4.78, 5) is 13.7. The number of aliphatic hydroxyl groups is 1. The van der Waals surface area contributed by atoms with E-state index in [2.05, 4.69) is 56.2 Å². The molecular weight excluding hydrogens is 544 g/mol. The predicted molar refractivity (Wildman–Crippen MR) is 179 cm³/mol. The number of aliphatic imine (C=N–C) groups is 2. The maximum Gasteiger partial charge on any atom is 0.137 e. The molecule has 9 nitrogen and oxygen atoms in total. The van der Waals surface area contributed by atoms with E-state index < -0.39 is 5.60 Å². The summed E-state index contributed by atoms with van der Waals surface area (Å²) < 4.78 is 6.31. The first-order valence-electron chi connectivity index (χ1n) is 14.3. The summed E-state index contributed by atoms with van der Waals surface area (Å²) in [6, 6.07) is 0. The Balaban J connectivity index is 1.64. The van der Waals surface area contributed by atoms with Gasteiger partial charge in [0, 0.05) is 76.2 Å². The predicted octanol–water partition coefficient (Wildman–Crippen LogP) is 5.17. The summed E-state index contributed by atoms with van der Waals surface area (Å²) in [5, 5.41) is 17.4. The highest BCUT2D eigenvalue weighted by molar-refractivity contribution is 7.96. The van der Waals surface area contributed by atoms with Gasteiger partial charge in [0.2, 0.25) is 0 Å². The molecule has 0 amide bonds. The van der Waals surface area contributed by atoms with Gasteiger partial charge in [-0.25, -0.2) is 14.4 Å². The van der Waals surface area contributed by atoms with Gasteiger partial charge in [0.05, 0.1) is 17.7 Å². The van der Waals surface area contributed by atoms with Gasteiger partial charge in [-0.1, -0.05) is 37.1 Å². The van der Waals surface area contributed by atoms with Crippen LogP contribution in [-0.4, -0.2) is 94.3 Å². The van der Waals surface area contributed by atoms with E-state index in [4.69, 9.17) is 11.4 Å². The summed E-state index contributed by atoms with van der Waals surface area (Å²) in [5.41, 5.74) is 3.46. The molecule has 0 saturated carbocycles. The highest BCUT2D eigenvalue weighted by atomic mass is 32.2. The highest BCUT2D eigenvalue weighted by Gasteiger charge is 2.32. The zero-order valence-electron chi connectivity index (χ0n) is 25.9. The first-order valence-corrected chi connectivity index (χ1v) is 15.0. The molecule has 0 radical (unpaired) electrons. The van der Waals surface area contributed by atoms with Gasteiger partial charge < -0.3 is 19.2 Å². The van der Waals surface area contributed by atoms with Crippen LogP contribution in [0.15, 0.2) is 90.3 Å². The standard InChI is InChI=1S/C32H44N8OS/c1-9-13-14-29(11-3)32(6,41)30-20-33-31(37(7)23-30)27-15-17-39(18-16-27)25(5)34-24-35-38(8)21-26(10-2)28-19-36-42-40(12-4)22-28/h2,11,13-15,19-22,24,41H,9,12,16-18,23H2,1,3-8H3/b14-13-,26-21+,29-11+,34-25+,35-24-. The fourth-order valence-electron chi connectivity index (χ4n) is 4.68. The summed E-state index contributed by atoms with van der Waals surface area (Å²) in [5.74, 6) is 4.56. The Morgan fingerprint density at radius 1 is 1.36 bits per heavy atom. The molecule has 0 spiro atoms. The Kier molecular flexibility index (Phi) is 12.0. The number of terminal acetylenes is 1. The van der Waals surface area contributed by atoms with Crippen LogP contribution in [0.2, 0.25) is 0 Å². The number of hydrogen-bond donors (Lipinski definition) is 1. The van der Waals surface area contributed by atoms with Crippen LogP contribution < -0.4 is 0 Å². The number of nitrogens with zero attached hydrogens (tertiary/aromatic N) is 8. The van der Waals surface area contributed by atoms with Gasteiger partial charge in [-0.3, -0.25) is 5.01 Å². The normalized spacial score (nSPS) is 20.4. The SMILES string of the molecule is C#C/C(=C\N(C)/N=C\N=C(/C)N1CC=C(C2=NC=C(C(C)(O)C(/C=C\CC)=C/C)CN2C)CC1)C1=CN(CC)SN=C1. The Labute approximate surface area is 256 Å². The van der Waals surface area contributed by atoms with Crippen molar-refractivity contribution in [2.75, 3.05) is 40.3 Å². The Morgan fingerprint density at radius 3 is 2.76 bits per heavy atom. The fourth-order valence-corrected chi connectivity index (χ4v) is 5.24. The number of hydrazone groups is 1. The third kappa shape index (κ3) is 8.37. The molecule has 0 aromatic heterocycles. The second-order valence-electron chi connectivity index (χ2n) is 10.3. The summed E-state index contributed by atoms with van der Waals surface area (Å²) >= 11 is 1.39. The molecule has 0 aromatic rings. The van der Waals surface area contributed by atoms with E-state index in [0.29, 0.717) is 12.1 Å². The Hall–Kier alpha value is -3.81. The fraction of sp³-hybridized carbons (Fsp3) is 0.438. The third-order valence-corrected chi connectivity index (χ3v) is 8.07. The van der Waals surface area contributed by atoms with Crippen LogP contribution in [0, 0.1) is 12.3 Å². The molecule has 3 heterocycles. The summed E-state index contributed by atoms with van der Waals surface area (Å²) in [6.45, 7) is 12.9. The molecule has 0 bridgehead atoms. The molecule has 0 saturated heterocycles. The average Bonchev–Trinajstić information content (AvgIpc) is 3.00. The van der Waals surface area contributed by atoms with Crippen LogP contribution in [-0.2, 0) is 0 Å². The largest absolute Gasteiger partial charge is 0.381 e. The van der Waals surface area contributed by atoms with Crippen molar-refractivity contribution >= 4 is 36.4 Å². The van der Waals surface area contributed by atoms with Gasteiger partial charge in [-0.05, 0) is 51.7 Å². The first-order chi connectivity index (χ1) is 20.1. The molecule has 10 heteroatoms. The molecule has 3 aliphatic heterocycles. The number of likely N-dealkylation sites (N-methyl/N-ethyl adjacent to an activating group) is 1. The summed E-state index contributed by atoms with van der Waals surface area (Å²) in [6.07, 6.45) is 24.7. The maximum absolute atomic E-state index is 11.3. The van der Waals surface area contributed by atoms with Crippen molar-refractivity contribution in [3.05, 3.63) is 70.8 Å². The minimum atomic E-state index is -1.07. The molecular formula is C32H44N8OS. The zero-order valence-corrected chi connectivity index (χ0v) is 26.8. The van der Waals surface area contributed by atoms with E-state index in [9.17, 15) is 5.11 Å². The first kappa shape index (κ1) is 32.7. The molecule has 42 heavy (non-hydrogen) atoms. The molecule has 1 N–H and O–H groups in total. The van der Waals surface area contributed by atoms with E-state index in [1.54, 1.807) is 23.8 Å². The topological polar surface area (TPSA) is 82.6 Å². The highest BCUT2D eigenvalue weighted by Crippen LogP contribution is 2.30. The van der Waals surface area contributed by atoms with Crippen LogP contribution >= 0.6 is 12.1 Å². The van der Waals surface area contributed by atoms with Gasteiger partial charge >= 0.3 is 0 Å².